The minimum Gasteiger partial charge on any atom is -0.495 e. The van der Waals surface area contributed by atoms with Crippen molar-refractivity contribution in [2.24, 2.45) is 5.73 Å². The van der Waals surface area contributed by atoms with E-state index in [2.05, 4.69) is 0 Å². The molecule has 0 saturated carbocycles. The first-order chi connectivity index (χ1) is 7.81. The fourth-order valence-electron chi connectivity index (χ4n) is 1.49. The quantitative estimate of drug-likeness (QED) is 0.922. The summed E-state index contributed by atoms with van der Waals surface area (Å²) in [5, 5.41) is 0.131. The van der Waals surface area contributed by atoms with E-state index in [4.69, 9.17) is 33.7 Å². The highest BCUT2D eigenvalue weighted by atomic mass is 35.5. The summed E-state index contributed by atoms with van der Waals surface area (Å²) in [7, 11) is 1.24. The predicted molar refractivity (Wildman–Crippen MR) is 60.9 cm³/mol. The second-order valence-corrected chi connectivity index (χ2v) is 4.18. The van der Waals surface area contributed by atoms with Gasteiger partial charge in [-0.25, -0.2) is 0 Å². The van der Waals surface area contributed by atoms with Crippen LogP contribution in [0.25, 0.3) is 0 Å². The summed E-state index contributed by atoms with van der Waals surface area (Å²) in [6.45, 7) is -0.601. The zero-order valence-corrected chi connectivity index (χ0v) is 10.3. The van der Waals surface area contributed by atoms with Crippen molar-refractivity contribution in [1.29, 1.82) is 0 Å². The van der Waals surface area contributed by atoms with Crippen LogP contribution in [0.3, 0.4) is 0 Å². The molecule has 0 fully saturated rings. The Kier molecular flexibility index (Phi) is 4.52. The lowest BCUT2D eigenvalue weighted by molar-refractivity contribution is -0.148. The van der Waals surface area contributed by atoms with Gasteiger partial charge in [-0.3, -0.25) is 0 Å². The first kappa shape index (κ1) is 14.4. The molecule has 1 aromatic carbocycles. The molecular formula is C10H10Cl2F3NO. The fraction of sp³-hybridized carbons (Fsp3) is 0.400. The molecule has 1 aromatic rings. The molecular weight excluding hydrogens is 278 g/mol. The summed E-state index contributed by atoms with van der Waals surface area (Å²) in [4.78, 5) is 0. The van der Waals surface area contributed by atoms with Crippen LogP contribution in [0.1, 0.15) is 11.5 Å². The molecule has 0 heterocycles. The minimum absolute atomic E-state index is 0.0256. The van der Waals surface area contributed by atoms with Crippen molar-refractivity contribution in [3.63, 3.8) is 0 Å². The van der Waals surface area contributed by atoms with Crippen molar-refractivity contribution >= 4 is 23.2 Å². The number of hydrogen-bond donors (Lipinski definition) is 1. The first-order valence-electron chi connectivity index (χ1n) is 4.61. The largest absolute Gasteiger partial charge is 0.495 e. The van der Waals surface area contributed by atoms with Crippen LogP contribution in [0.15, 0.2) is 12.1 Å². The molecule has 17 heavy (non-hydrogen) atoms. The molecule has 0 aliphatic heterocycles. The van der Waals surface area contributed by atoms with Crippen LogP contribution in [0, 0.1) is 0 Å². The second-order valence-electron chi connectivity index (χ2n) is 3.34. The zero-order chi connectivity index (χ0) is 13.2. The van der Waals surface area contributed by atoms with Gasteiger partial charge in [0.2, 0.25) is 0 Å². The number of methoxy groups -OCH3 is 1. The molecule has 2 nitrogen and oxygen atoms in total. The van der Waals surface area contributed by atoms with Gasteiger partial charge in [0.1, 0.15) is 5.75 Å². The third kappa shape index (κ3) is 3.18. The van der Waals surface area contributed by atoms with Crippen LogP contribution in [-0.4, -0.2) is 19.8 Å². The lowest BCUT2D eigenvalue weighted by Gasteiger charge is -2.21. The van der Waals surface area contributed by atoms with Gasteiger partial charge < -0.3 is 10.5 Å². The van der Waals surface area contributed by atoms with Crippen molar-refractivity contribution in [2.75, 3.05) is 13.7 Å². The van der Waals surface area contributed by atoms with E-state index in [9.17, 15) is 13.2 Å². The number of halogens is 5. The average molecular weight is 288 g/mol. The van der Waals surface area contributed by atoms with Gasteiger partial charge in [-0.2, -0.15) is 13.2 Å². The predicted octanol–water partition coefficient (Wildman–Crippen LogP) is 3.61. The smallest absolute Gasteiger partial charge is 0.397 e. The van der Waals surface area contributed by atoms with Crippen molar-refractivity contribution in [3.8, 4) is 5.75 Å². The van der Waals surface area contributed by atoms with Gasteiger partial charge in [0.05, 0.1) is 18.1 Å². The highest BCUT2D eigenvalue weighted by Gasteiger charge is 2.41. The third-order valence-electron chi connectivity index (χ3n) is 2.25. The Labute approximate surface area is 106 Å². The van der Waals surface area contributed by atoms with Gasteiger partial charge >= 0.3 is 6.18 Å². The van der Waals surface area contributed by atoms with Gasteiger partial charge in [0.25, 0.3) is 0 Å². The van der Waals surface area contributed by atoms with Crippen molar-refractivity contribution in [3.05, 3.63) is 27.7 Å². The van der Waals surface area contributed by atoms with E-state index in [1.54, 1.807) is 0 Å². The summed E-state index contributed by atoms with van der Waals surface area (Å²) in [6.07, 6.45) is -4.48. The topological polar surface area (TPSA) is 35.2 Å². The summed E-state index contributed by atoms with van der Waals surface area (Å²) in [5.41, 5.74) is 5.00. The molecule has 0 saturated heterocycles. The Hall–Kier alpha value is -0.650. The van der Waals surface area contributed by atoms with E-state index in [0.717, 1.165) is 6.07 Å². The van der Waals surface area contributed by atoms with E-state index in [1.807, 2.05) is 0 Å². The maximum absolute atomic E-state index is 12.8. The number of benzene rings is 1. The Morgan fingerprint density at radius 3 is 2.35 bits per heavy atom. The number of hydrogen-bond acceptors (Lipinski definition) is 2. The van der Waals surface area contributed by atoms with Crippen LogP contribution in [0.4, 0.5) is 13.2 Å². The molecule has 0 amide bonds. The molecule has 0 aromatic heterocycles. The molecule has 0 radical (unpaired) electrons. The van der Waals surface area contributed by atoms with E-state index in [1.165, 1.54) is 13.2 Å². The molecule has 0 spiro atoms. The molecule has 2 N–H and O–H groups in total. The second kappa shape index (κ2) is 5.33. The lowest BCUT2D eigenvalue weighted by Crippen LogP contribution is -2.28. The van der Waals surface area contributed by atoms with Crippen LogP contribution in [0.2, 0.25) is 10.0 Å². The normalized spacial score (nSPS) is 13.6. The van der Waals surface area contributed by atoms with Gasteiger partial charge in [-0.05, 0) is 12.1 Å². The van der Waals surface area contributed by atoms with Crippen LogP contribution in [0.5, 0.6) is 5.75 Å². The Morgan fingerprint density at radius 1 is 1.35 bits per heavy atom. The third-order valence-corrected chi connectivity index (χ3v) is 2.75. The van der Waals surface area contributed by atoms with Crippen molar-refractivity contribution in [1.82, 2.24) is 0 Å². The monoisotopic (exact) mass is 287 g/mol. The molecule has 1 rings (SSSR count). The van der Waals surface area contributed by atoms with Crippen LogP contribution >= 0.6 is 23.2 Å². The number of alkyl halides is 3. The van der Waals surface area contributed by atoms with Crippen molar-refractivity contribution in [2.45, 2.75) is 12.1 Å². The lowest BCUT2D eigenvalue weighted by atomic mass is 9.97. The summed E-state index contributed by atoms with van der Waals surface area (Å²) >= 11 is 11.5. The molecule has 0 bridgehead atoms. The standard InChI is InChI=1S/C10H10Cl2F3NO/c1-17-9-6(2-5(11)3-8(9)12)7(4-16)10(13,14)15/h2-3,7H,4,16H2,1H3. The SMILES string of the molecule is COc1c(Cl)cc(Cl)cc1C(CN)C(F)(F)F. The van der Waals surface area contributed by atoms with E-state index < -0.39 is 18.6 Å². The zero-order valence-electron chi connectivity index (χ0n) is 8.81. The molecule has 1 atom stereocenters. The number of rotatable bonds is 3. The molecule has 96 valence electrons. The van der Waals surface area contributed by atoms with Gasteiger partial charge in [-0.1, -0.05) is 23.2 Å². The fourth-order valence-corrected chi connectivity index (χ4v) is 2.08. The highest BCUT2D eigenvalue weighted by Crippen LogP contribution is 2.42. The summed E-state index contributed by atoms with van der Waals surface area (Å²) < 4.78 is 43.2. The molecule has 0 aliphatic rings. The van der Waals surface area contributed by atoms with Gasteiger partial charge in [-0.15, -0.1) is 0 Å². The van der Waals surface area contributed by atoms with Crippen LogP contribution < -0.4 is 10.5 Å². The van der Waals surface area contributed by atoms with E-state index in [-0.39, 0.29) is 21.4 Å². The summed E-state index contributed by atoms with van der Waals surface area (Å²) in [5.74, 6) is -1.91. The Balaban J connectivity index is 3.37. The molecule has 1 unspecified atom stereocenters. The number of nitrogens with two attached hydrogens (primary N) is 1. The van der Waals surface area contributed by atoms with E-state index >= 15 is 0 Å². The van der Waals surface area contributed by atoms with Crippen molar-refractivity contribution < 1.29 is 17.9 Å². The van der Waals surface area contributed by atoms with Gasteiger partial charge in [0, 0.05) is 17.1 Å². The van der Waals surface area contributed by atoms with Crippen LogP contribution in [-0.2, 0) is 0 Å². The highest BCUT2D eigenvalue weighted by molar-refractivity contribution is 6.35. The maximum atomic E-state index is 12.8. The first-order valence-corrected chi connectivity index (χ1v) is 5.36. The summed E-state index contributed by atoms with van der Waals surface area (Å²) in [6, 6.07) is 2.48. The number of ether oxygens (including phenoxy) is 1. The maximum Gasteiger partial charge on any atom is 0.397 e. The minimum atomic E-state index is -4.48. The molecule has 0 aliphatic carbocycles. The average Bonchev–Trinajstić information content (AvgIpc) is 2.15. The van der Waals surface area contributed by atoms with Gasteiger partial charge in [0.15, 0.2) is 0 Å². The molecule has 7 heteroatoms. The Bertz CT molecular complexity index is 409. The Morgan fingerprint density at radius 2 is 1.94 bits per heavy atom. The van der Waals surface area contributed by atoms with E-state index in [0.29, 0.717) is 0 Å².